The van der Waals surface area contributed by atoms with Crippen LogP contribution in [0.2, 0.25) is 5.02 Å². The maximum Gasteiger partial charge on any atom is 0.244 e. The monoisotopic (exact) mass is 412 g/mol. The van der Waals surface area contributed by atoms with Gasteiger partial charge in [0.15, 0.2) is 11.5 Å². The van der Waals surface area contributed by atoms with Crippen molar-refractivity contribution in [2.24, 2.45) is 5.92 Å². The lowest BCUT2D eigenvalue weighted by molar-refractivity contribution is -0.117. The van der Waals surface area contributed by atoms with Crippen LogP contribution in [0.4, 0.5) is 5.69 Å². The van der Waals surface area contributed by atoms with Crippen LogP contribution in [-0.2, 0) is 16.1 Å². The molecule has 1 aliphatic carbocycles. The molecule has 0 atom stereocenters. The minimum absolute atomic E-state index is 0.0622. The summed E-state index contributed by atoms with van der Waals surface area (Å²) in [6.45, 7) is 1.30. The molecule has 1 heterocycles. The van der Waals surface area contributed by atoms with Gasteiger partial charge in [0.25, 0.3) is 0 Å². The van der Waals surface area contributed by atoms with E-state index in [0.29, 0.717) is 36.3 Å². The minimum atomic E-state index is -0.233. The van der Waals surface area contributed by atoms with Gasteiger partial charge in [-0.2, -0.15) is 0 Å². The maximum atomic E-state index is 12.2. The van der Waals surface area contributed by atoms with Crippen molar-refractivity contribution in [2.75, 3.05) is 18.5 Å². The summed E-state index contributed by atoms with van der Waals surface area (Å²) in [5.74, 6) is 1.09. The molecule has 29 heavy (non-hydrogen) atoms. The zero-order valence-electron chi connectivity index (χ0n) is 15.7. The van der Waals surface area contributed by atoms with Crippen LogP contribution in [0.3, 0.4) is 0 Å². The summed E-state index contributed by atoms with van der Waals surface area (Å²) in [6.07, 6.45) is 5.04. The van der Waals surface area contributed by atoms with Crippen LogP contribution in [0.1, 0.15) is 24.0 Å². The third-order valence-corrected chi connectivity index (χ3v) is 4.94. The Morgan fingerprint density at radius 1 is 1.14 bits per heavy atom. The van der Waals surface area contributed by atoms with Crippen LogP contribution in [0.15, 0.2) is 42.5 Å². The van der Waals surface area contributed by atoms with Crippen molar-refractivity contribution in [3.05, 3.63) is 58.6 Å². The van der Waals surface area contributed by atoms with Crippen molar-refractivity contribution in [3.8, 4) is 11.5 Å². The lowest BCUT2D eigenvalue weighted by Crippen LogP contribution is -2.20. The van der Waals surface area contributed by atoms with Gasteiger partial charge in [0.1, 0.15) is 13.2 Å². The van der Waals surface area contributed by atoms with Gasteiger partial charge in [-0.1, -0.05) is 23.7 Å². The Bertz CT molecular complexity index is 969. The van der Waals surface area contributed by atoms with E-state index in [1.165, 1.54) is 6.08 Å². The predicted molar refractivity (Wildman–Crippen MR) is 111 cm³/mol. The quantitative estimate of drug-likeness (QED) is 0.708. The Balaban J connectivity index is 1.33. The number of rotatable bonds is 6. The van der Waals surface area contributed by atoms with Gasteiger partial charge in [-0.05, 0) is 54.3 Å². The number of ether oxygens (including phenoxy) is 2. The predicted octanol–water partition coefficient (Wildman–Crippen LogP) is 3.79. The molecular formula is C22H21ClN2O4. The molecule has 6 nitrogen and oxygen atoms in total. The first-order chi connectivity index (χ1) is 14.1. The first-order valence-corrected chi connectivity index (χ1v) is 9.91. The molecule has 0 radical (unpaired) electrons. The second kappa shape index (κ2) is 8.57. The maximum absolute atomic E-state index is 12.2. The Morgan fingerprint density at radius 3 is 2.79 bits per heavy atom. The van der Waals surface area contributed by atoms with Crippen LogP contribution in [0, 0.1) is 5.92 Å². The van der Waals surface area contributed by atoms with Crippen molar-refractivity contribution in [1.29, 1.82) is 0 Å². The molecule has 1 saturated carbocycles. The van der Waals surface area contributed by atoms with Gasteiger partial charge in [0.05, 0.1) is 5.02 Å². The van der Waals surface area contributed by atoms with Crippen LogP contribution in [-0.4, -0.2) is 25.0 Å². The van der Waals surface area contributed by atoms with Crippen LogP contribution in [0.25, 0.3) is 6.08 Å². The molecule has 1 fully saturated rings. The molecule has 2 aromatic carbocycles. The normalized spacial score (nSPS) is 15.2. The number of carbonyl (C=O) groups is 2. The van der Waals surface area contributed by atoms with E-state index in [1.54, 1.807) is 18.2 Å². The fraction of sp³-hybridized carbons (Fsp3) is 0.273. The van der Waals surface area contributed by atoms with Crippen molar-refractivity contribution in [3.63, 3.8) is 0 Å². The van der Waals surface area contributed by atoms with Gasteiger partial charge in [0.2, 0.25) is 11.8 Å². The van der Waals surface area contributed by atoms with Gasteiger partial charge in [-0.15, -0.1) is 0 Å². The SMILES string of the molecule is O=C(/C=C/c1cc(Cl)c2c(c1)OCCO2)NCc1cccc(NC(=O)C2CC2)c1. The highest BCUT2D eigenvalue weighted by Gasteiger charge is 2.29. The molecule has 2 N–H and O–H groups in total. The summed E-state index contributed by atoms with van der Waals surface area (Å²) in [7, 11) is 0. The highest BCUT2D eigenvalue weighted by Crippen LogP contribution is 2.38. The number of carbonyl (C=O) groups excluding carboxylic acids is 2. The average molecular weight is 413 g/mol. The van der Waals surface area contributed by atoms with Crippen molar-refractivity contribution >= 4 is 35.2 Å². The fourth-order valence-corrected chi connectivity index (χ4v) is 3.27. The van der Waals surface area contributed by atoms with Crippen molar-refractivity contribution in [1.82, 2.24) is 5.32 Å². The molecule has 2 aromatic rings. The lowest BCUT2D eigenvalue weighted by Gasteiger charge is -2.19. The molecule has 0 spiro atoms. The topological polar surface area (TPSA) is 76.7 Å². The Hall–Kier alpha value is -2.99. The summed E-state index contributed by atoms with van der Waals surface area (Å²) in [6, 6.07) is 11.0. The Labute approximate surface area is 173 Å². The molecule has 0 aromatic heterocycles. The molecular weight excluding hydrogens is 392 g/mol. The van der Waals surface area contributed by atoms with Crippen LogP contribution >= 0.6 is 11.6 Å². The largest absolute Gasteiger partial charge is 0.486 e. The summed E-state index contributed by atoms with van der Waals surface area (Å²) in [4.78, 5) is 24.0. The van der Waals surface area contributed by atoms with E-state index in [2.05, 4.69) is 10.6 Å². The molecule has 7 heteroatoms. The van der Waals surface area contributed by atoms with E-state index < -0.39 is 0 Å². The Morgan fingerprint density at radius 2 is 1.97 bits per heavy atom. The summed E-state index contributed by atoms with van der Waals surface area (Å²) in [5, 5.41) is 6.19. The van der Waals surface area contributed by atoms with Gasteiger partial charge in [-0.3, -0.25) is 9.59 Å². The molecule has 0 saturated heterocycles. The molecule has 150 valence electrons. The fourth-order valence-electron chi connectivity index (χ4n) is 3.00. The summed E-state index contributed by atoms with van der Waals surface area (Å²) in [5.41, 5.74) is 2.40. The third-order valence-electron chi connectivity index (χ3n) is 4.66. The summed E-state index contributed by atoms with van der Waals surface area (Å²) >= 11 is 6.21. The van der Waals surface area contributed by atoms with Gasteiger partial charge in [0, 0.05) is 24.2 Å². The van der Waals surface area contributed by atoms with Crippen molar-refractivity contribution in [2.45, 2.75) is 19.4 Å². The van der Waals surface area contributed by atoms with E-state index in [-0.39, 0.29) is 17.7 Å². The number of halogens is 1. The van der Waals surface area contributed by atoms with E-state index in [0.717, 1.165) is 29.7 Å². The summed E-state index contributed by atoms with van der Waals surface area (Å²) < 4.78 is 11.0. The molecule has 0 bridgehead atoms. The minimum Gasteiger partial charge on any atom is -0.486 e. The number of hydrogen-bond acceptors (Lipinski definition) is 4. The van der Waals surface area contributed by atoms with E-state index >= 15 is 0 Å². The molecule has 1 aliphatic heterocycles. The van der Waals surface area contributed by atoms with Crippen LogP contribution < -0.4 is 20.1 Å². The van der Waals surface area contributed by atoms with Crippen molar-refractivity contribution < 1.29 is 19.1 Å². The standard InChI is InChI=1S/C22H21ClN2O4/c23-18-11-14(12-19-21(18)29-9-8-28-19)4-7-20(26)24-13-15-2-1-3-17(10-15)25-22(27)16-5-6-16/h1-4,7,10-12,16H,5-6,8-9,13H2,(H,24,26)(H,25,27)/b7-4+. The highest BCUT2D eigenvalue weighted by molar-refractivity contribution is 6.32. The lowest BCUT2D eigenvalue weighted by atomic mass is 10.1. The molecule has 2 amide bonds. The van der Waals surface area contributed by atoms with Crippen LogP contribution in [0.5, 0.6) is 11.5 Å². The zero-order valence-corrected chi connectivity index (χ0v) is 16.5. The first-order valence-electron chi connectivity index (χ1n) is 9.53. The second-order valence-electron chi connectivity index (χ2n) is 7.04. The smallest absolute Gasteiger partial charge is 0.244 e. The number of anilines is 1. The number of fused-ring (bicyclic) bond motifs is 1. The number of nitrogens with one attached hydrogen (secondary N) is 2. The second-order valence-corrected chi connectivity index (χ2v) is 7.45. The van der Waals surface area contributed by atoms with E-state index in [4.69, 9.17) is 21.1 Å². The van der Waals surface area contributed by atoms with Gasteiger partial charge in [-0.25, -0.2) is 0 Å². The zero-order chi connectivity index (χ0) is 20.2. The first kappa shape index (κ1) is 19.3. The molecule has 0 unspecified atom stereocenters. The molecule has 2 aliphatic rings. The number of hydrogen-bond donors (Lipinski definition) is 2. The average Bonchev–Trinajstić information content (AvgIpc) is 3.57. The van der Waals surface area contributed by atoms with Gasteiger partial charge < -0.3 is 20.1 Å². The third kappa shape index (κ3) is 5.09. The number of benzene rings is 2. The van der Waals surface area contributed by atoms with Gasteiger partial charge >= 0.3 is 0 Å². The molecule has 4 rings (SSSR count). The highest BCUT2D eigenvalue weighted by atomic mass is 35.5. The van der Waals surface area contributed by atoms with E-state index in [9.17, 15) is 9.59 Å². The van der Waals surface area contributed by atoms with E-state index in [1.807, 2.05) is 24.3 Å². The number of amides is 2. The Kier molecular flexibility index (Phi) is 5.71.